The van der Waals surface area contributed by atoms with Gasteiger partial charge in [0.15, 0.2) is 0 Å². The molecule has 0 fully saturated rings. The van der Waals surface area contributed by atoms with Crippen LogP contribution in [0.3, 0.4) is 0 Å². The van der Waals surface area contributed by atoms with Crippen LogP contribution >= 0.6 is 0 Å². The average molecular weight is 358 g/mol. The number of hydrogen-bond donors (Lipinski definition) is 1. The summed E-state index contributed by atoms with van der Waals surface area (Å²) in [6.07, 6.45) is 0. The number of benzene rings is 2. The van der Waals surface area contributed by atoms with Crippen molar-refractivity contribution >= 4 is 10.0 Å². The van der Waals surface area contributed by atoms with E-state index in [1.54, 1.807) is 44.4 Å². The first-order valence-electron chi connectivity index (χ1n) is 7.65. The van der Waals surface area contributed by atoms with Crippen LogP contribution in [-0.2, 0) is 16.6 Å². The number of nitrogens with one attached hydrogen (secondary N) is 1. The molecule has 2 aromatic carbocycles. The van der Waals surface area contributed by atoms with Crippen molar-refractivity contribution in [2.24, 2.45) is 0 Å². The lowest BCUT2D eigenvalue weighted by Gasteiger charge is -2.05. The van der Waals surface area contributed by atoms with Crippen molar-refractivity contribution in [2.75, 3.05) is 7.11 Å². The molecule has 1 aromatic heterocycles. The van der Waals surface area contributed by atoms with Crippen molar-refractivity contribution in [3.05, 3.63) is 66.1 Å². The molecule has 0 unspecified atom stereocenters. The van der Waals surface area contributed by atoms with Gasteiger partial charge in [-0.1, -0.05) is 18.2 Å². The summed E-state index contributed by atoms with van der Waals surface area (Å²) in [6, 6.07) is 15.5. The van der Waals surface area contributed by atoms with Crippen molar-refractivity contribution in [1.82, 2.24) is 9.71 Å². The van der Waals surface area contributed by atoms with Gasteiger partial charge in [-0.05, 0) is 43.3 Å². The molecule has 6 nitrogen and oxygen atoms in total. The SMILES string of the molecule is COc1ccc(-c2nc(CNS(=O)(=O)c3ccccc3)c(C)o2)cc1. The van der Waals surface area contributed by atoms with E-state index < -0.39 is 10.0 Å². The van der Waals surface area contributed by atoms with Crippen LogP contribution in [0.1, 0.15) is 11.5 Å². The maximum absolute atomic E-state index is 12.3. The number of aryl methyl sites for hydroxylation is 1. The predicted molar refractivity (Wildman–Crippen MR) is 93.7 cm³/mol. The Morgan fingerprint density at radius 3 is 2.40 bits per heavy atom. The van der Waals surface area contributed by atoms with Crippen molar-refractivity contribution in [1.29, 1.82) is 0 Å². The van der Waals surface area contributed by atoms with Gasteiger partial charge in [0, 0.05) is 5.56 Å². The van der Waals surface area contributed by atoms with Crippen LogP contribution < -0.4 is 9.46 Å². The van der Waals surface area contributed by atoms with E-state index in [2.05, 4.69) is 9.71 Å². The molecule has 1 heterocycles. The maximum Gasteiger partial charge on any atom is 0.240 e. The fourth-order valence-electron chi connectivity index (χ4n) is 2.30. The molecule has 0 aliphatic heterocycles. The molecule has 0 saturated carbocycles. The Morgan fingerprint density at radius 2 is 1.76 bits per heavy atom. The molecule has 7 heteroatoms. The highest BCUT2D eigenvalue weighted by Crippen LogP contribution is 2.24. The van der Waals surface area contributed by atoms with Crippen LogP contribution in [0, 0.1) is 6.92 Å². The van der Waals surface area contributed by atoms with Crippen LogP contribution in [0.25, 0.3) is 11.5 Å². The van der Waals surface area contributed by atoms with Crippen molar-refractivity contribution < 1.29 is 17.6 Å². The molecule has 0 atom stereocenters. The van der Waals surface area contributed by atoms with E-state index in [1.807, 2.05) is 24.3 Å². The van der Waals surface area contributed by atoms with Gasteiger partial charge in [0.05, 0.1) is 24.2 Å². The van der Waals surface area contributed by atoms with Crippen LogP contribution in [0.2, 0.25) is 0 Å². The van der Waals surface area contributed by atoms with Gasteiger partial charge in [-0.25, -0.2) is 18.1 Å². The van der Waals surface area contributed by atoms with E-state index in [-0.39, 0.29) is 11.4 Å². The number of sulfonamides is 1. The molecule has 0 aliphatic carbocycles. The van der Waals surface area contributed by atoms with Gasteiger partial charge in [0.25, 0.3) is 0 Å². The Balaban J connectivity index is 1.77. The molecular weight excluding hydrogens is 340 g/mol. The van der Waals surface area contributed by atoms with E-state index >= 15 is 0 Å². The van der Waals surface area contributed by atoms with Gasteiger partial charge >= 0.3 is 0 Å². The second-order valence-corrected chi connectivity index (χ2v) is 7.15. The van der Waals surface area contributed by atoms with Gasteiger partial charge in [-0.3, -0.25) is 0 Å². The third-order valence-corrected chi connectivity index (χ3v) is 5.13. The fourth-order valence-corrected chi connectivity index (χ4v) is 3.30. The second kappa shape index (κ2) is 7.08. The Kier molecular flexibility index (Phi) is 4.87. The molecule has 3 rings (SSSR count). The standard InChI is InChI=1S/C18H18N2O4S/c1-13-17(12-19-25(21,22)16-6-4-3-5-7-16)20-18(24-13)14-8-10-15(23-2)11-9-14/h3-11,19H,12H2,1-2H3. The van der Waals surface area contributed by atoms with Gasteiger partial charge < -0.3 is 9.15 Å². The monoisotopic (exact) mass is 358 g/mol. The molecular formula is C18H18N2O4S. The molecule has 0 amide bonds. The number of hydrogen-bond acceptors (Lipinski definition) is 5. The zero-order chi connectivity index (χ0) is 17.9. The van der Waals surface area contributed by atoms with Crippen molar-refractivity contribution in [2.45, 2.75) is 18.4 Å². The molecule has 1 N–H and O–H groups in total. The van der Waals surface area contributed by atoms with E-state index in [9.17, 15) is 8.42 Å². The topological polar surface area (TPSA) is 81.4 Å². The first-order valence-corrected chi connectivity index (χ1v) is 9.13. The molecule has 130 valence electrons. The van der Waals surface area contributed by atoms with Crippen LogP contribution in [0.4, 0.5) is 0 Å². The highest BCUT2D eigenvalue weighted by molar-refractivity contribution is 7.89. The normalized spacial score (nSPS) is 11.4. The summed E-state index contributed by atoms with van der Waals surface area (Å²) < 4.78 is 37.9. The summed E-state index contributed by atoms with van der Waals surface area (Å²) in [6.45, 7) is 1.81. The van der Waals surface area contributed by atoms with E-state index in [0.717, 1.165) is 11.3 Å². The zero-order valence-corrected chi connectivity index (χ0v) is 14.7. The van der Waals surface area contributed by atoms with Crippen LogP contribution in [-0.4, -0.2) is 20.5 Å². The minimum Gasteiger partial charge on any atom is -0.497 e. The molecule has 0 saturated heterocycles. The van der Waals surface area contributed by atoms with E-state index in [1.165, 1.54) is 0 Å². The quantitative estimate of drug-likeness (QED) is 0.732. The number of aromatic nitrogens is 1. The predicted octanol–water partition coefficient (Wildman–Crippen LogP) is 3.14. The van der Waals surface area contributed by atoms with Crippen molar-refractivity contribution in [3.8, 4) is 17.2 Å². The minimum absolute atomic E-state index is 0.0582. The highest BCUT2D eigenvalue weighted by Gasteiger charge is 2.17. The van der Waals surface area contributed by atoms with Gasteiger partial charge in [0.1, 0.15) is 11.5 Å². The summed E-state index contributed by atoms with van der Waals surface area (Å²) >= 11 is 0. The molecule has 0 bridgehead atoms. The largest absolute Gasteiger partial charge is 0.497 e. The first-order chi connectivity index (χ1) is 12.0. The van der Waals surface area contributed by atoms with E-state index in [4.69, 9.17) is 9.15 Å². The lowest BCUT2D eigenvalue weighted by atomic mass is 10.2. The summed E-state index contributed by atoms with van der Waals surface area (Å²) in [5, 5.41) is 0. The van der Waals surface area contributed by atoms with Crippen molar-refractivity contribution in [3.63, 3.8) is 0 Å². The summed E-state index contributed by atoms with van der Waals surface area (Å²) in [5.41, 5.74) is 1.34. The fraction of sp³-hybridized carbons (Fsp3) is 0.167. The molecule has 25 heavy (non-hydrogen) atoms. The highest BCUT2D eigenvalue weighted by atomic mass is 32.2. The molecule has 0 spiro atoms. The summed E-state index contributed by atoms with van der Waals surface area (Å²) in [7, 11) is -1.99. The Labute approximate surface area is 146 Å². The molecule has 0 radical (unpaired) electrons. The minimum atomic E-state index is -3.59. The van der Waals surface area contributed by atoms with Gasteiger partial charge in [-0.2, -0.15) is 0 Å². The lowest BCUT2D eigenvalue weighted by molar-refractivity contribution is 0.415. The third-order valence-electron chi connectivity index (χ3n) is 3.71. The lowest BCUT2D eigenvalue weighted by Crippen LogP contribution is -2.23. The summed E-state index contributed by atoms with van der Waals surface area (Å²) in [4.78, 5) is 4.61. The van der Waals surface area contributed by atoms with Crippen LogP contribution in [0.5, 0.6) is 5.75 Å². The van der Waals surface area contributed by atoms with Gasteiger partial charge in [-0.15, -0.1) is 0 Å². The van der Waals surface area contributed by atoms with Gasteiger partial charge in [0.2, 0.25) is 15.9 Å². The third kappa shape index (κ3) is 3.89. The summed E-state index contributed by atoms with van der Waals surface area (Å²) in [5.74, 6) is 1.75. The zero-order valence-electron chi connectivity index (χ0n) is 13.9. The maximum atomic E-state index is 12.3. The number of ether oxygens (including phenoxy) is 1. The second-order valence-electron chi connectivity index (χ2n) is 5.39. The number of nitrogens with zero attached hydrogens (tertiary/aromatic N) is 1. The van der Waals surface area contributed by atoms with Crippen LogP contribution in [0.15, 0.2) is 63.9 Å². The van der Waals surface area contributed by atoms with E-state index in [0.29, 0.717) is 17.3 Å². The Hall–Kier alpha value is -2.64. The Morgan fingerprint density at radius 1 is 1.08 bits per heavy atom. The smallest absolute Gasteiger partial charge is 0.240 e. The number of oxazole rings is 1. The number of rotatable bonds is 6. The Bertz CT molecular complexity index is 949. The molecule has 0 aliphatic rings. The average Bonchev–Trinajstić information content (AvgIpc) is 3.02. The first kappa shape index (κ1) is 17.2. The molecule has 3 aromatic rings. The number of methoxy groups -OCH3 is 1.